The van der Waals surface area contributed by atoms with Crippen molar-refractivity contribution >= 4 is 32.4 Å². The lowest BCUT2D eigenvalue weighted by Crippen LogP contribution is -2.01. The molecule has 7 heteroatoms. The van der Waals surface area contributed by atoms with Crippen molar-refractivity contribution in [3.8, 4) is 0 Å². The molecule has 2 rings (SSSR count). The van der Waals surface area contributed by atoms with E-state index >= 15 is 0 Å². The number of hydrogen-bond acceptors (Lipinski definition) is 0. The van der Waals surface area contributed by atoms with Crippen LogP contribution in [0.15, 0.2) is 72.1 Å². The molecule has 124 valence electrons. The van der Waals surface area contributed by atoms with Gasteiger partial charge in [0.05, 0.1) is 5.41 Å². The Kier molecular flexibility index (Phi) is 4.11. The van der Waals surface area contributed by atoms with E-state index in [1.807, 2.05) is 0 Å². The van der Waals surface area contributed by atoms with Crippen LogP contribution in [0, 0.1) is 0 Å². The third-order valence-corrected chi connectivity index (χ3v) is 3.82. The molecule has 0 N–H and O–H groups in total. The van der Waals surface area contributed by atoms with E-state index in [1.54, 1.807) is 36.4 Å². The lowest BCUT2D eigenvalue weighted by atomic mass is 10.1. The predicted octanol–water partition coefficient (Wildman–Crippen LogP) is 7.61. The highest BCUT2D eigenvalue weighted by molar-refractivity contribution is 8.48. The molecule has 0 aliphatic heterocycles. The molecule has 0 saturated heterocycles. The molecule has 2 aromatic rings. The van der Waals surface area contributed by atoms with Gasteiger partial charge in [-0.2, -0.15) is 0 Å². The summed E-state index contributed by atoms with van der Waals surface area (Å²) in [4.78, 5) is 0. The number of halogens is 6. The van der Waals surface area contributed by atoms with Crippen molar-refractivity contribution < 1.29 is 19.4 Å². The molecular weight excluding hydrogens is 355 g/mol. The maximum absolute atomic E-state index is 12.9. The summed E-state index contributed by atoms with van der Waals surface area (Å²) in [6, 6.07) is 15.2. The molecule has 0 heterocycles. The van der Waals surface area contributed by atoms with Gasteiger partial charge in [-0.1, -0.05) is 91.7 Å². The minimum Gasteiger partial charge on any atom is -0.0941 e. The first-order valence-corrected chi connectivity index (χ1v) is 8.78. The first kappa shape index (κ1) is 17.6. The van der Waals surface area contributed by atoms with E-state index < -0.39 is 21.2 Å². The van der Waals surface area contributed by atoms with Crippen LogP contribution in [0.2, 0.25) is 0 Å². The van der Waals surface area contributed by atoms with Crippen LogP contribution in [-0.4, -0.2) is 0 Å². The molecule has 0 spiro atoms. The molecular formula is C16H12ClF5S. The molecule has 0 aromatic heterocycles. The summed E-state index contributed by atoms with van der Waals surface area (Å²) in [6.07, 6.45) is 0.893. The Morgan fingerprint density at radius 1 is 0.739 bits per heavy atom. The second-order valence-electron chi connectivity index (χ2n) is 4.83. The van der Waals surface area contributed by atoms with E-state index in [4.69, 9.17) is 11.6 Å². The highest BCUT2D eigenvalue weighted by atomic mass is 35.5. The van der Waals surface area contributed by atoms with Crippen LogP contribution in [0.1, 0.15) is 11.1 Å². The maximum atomic E-state index is 12.9. The summed E-state index contributed by atoms with van der Waals surface area (Å²) < 4.78 is 64.3. The van der Waals surface area contributed by atoms with Crippen LogP contribution in [0.25, 0.3) is 10.6 Å². The monoisotopic (exact) mass is 366 g/mol. The topological polar surface area (TPSA) is 0 Å². The standard InChI is InChI=1S/C16H12ClF5S/c17-16(14-9-5-2-6-10-14)11-15(12-23(18,19,20,21)22)13-7-3-1-4-8-13/h1-12H/b15-12-,16-11+. The second-order valence-corrected chi connectivity index (χ2v) is 7.53. The van der Waals surface area contributed by atoms with Gasteiger partial charge in [-0.25, -0.2) is 0 Å². The average molecular weight is 367 g/mol. The minimum atomic E-state index is -9.74. The highest BCUT2D eigenvalue weighted by Gasteiger charge is 2.61. The Labute approximate surface area is 135 Å². The molecule has 0 radical (unpaired) electrons. The van der Waals surface area contributed by atoms with Gasteiger partial charge in [0.2, 0.25) is 0 Å². The first-order chi connectivity index (χ1) is 10.4. The van der Waals surface area contributed by atoms with Crippen LogP contribution < -0.4 is 0 Å². The van der Waals surface area contributed by atoms with Crippen molar-refractivity contribution in [1.29, 1.82) is 0 Å². The summed E-state index contributed by atoms with van der Waals surface area (Å²) in [7, 11) is -9.74. The molecule has 0 atom stereocenters. The van der Waals surface area contributed by atoms with Crippen LogP contribution in [0.3, 0.4) is 0 Å². The molecule has 23 heavy (non-hydrogen) atoms. The molecule has 2 aromatic carbocycles. The summed E-state index contributed by atoms with van der Waals surface area (Å²) >= 11 is 5.99. The third-order valence-electron chi connectivity index (χ3n) is 2.79. The van der Waals surface area contributed by atoms with E-state index in [-0.39, 0.29) is 10.6 Å². The van der Waals surface area contributed by atoms with Crippen LogP contribution in [-0.2, 0) is 0 Å². The van der Waals surface area contributed by atoms with Gasteiger partial charge in [0.1, 0.15) is 0 Å². The molecule has 0 bridgehead atoms. The van der Waals surface area contributed by atoms with E-state index in [0.717, 1.165) is 6.08 Å². The van der Waals surface area contributed by atoms with Crippen molar-refractivity contribution in [3.05, 3.63) is 83.3 Å². The van der Waals surface area contributed by atoms with Gasteiger partial charge in [0.15, 0.2) is 0 Å². The zero-order valence-corrected chi connectivity index (χ0v) is 13.2. The summed E-state index contributed by atoms with van der Waals surface area (Å²) in [5.74, 6) is 0. The van der Waals surface area contributed by atoms with Gasteiger partial charge in [-0.3, -0.25) is 0 Å². The fourth-order valence-corrected chi connectivity index (χ4v) is 2.80. The molecule has 0 aliphatic carbocycles. The number of hydrogen-bond donors (Lipinski definition) is 0. The molecule has 0 aliphatic rings. The van der Waals surface area contributed by atoms with Gasteiger partial charge in [0.25, 0.3) is 0 Å². The van der Waals surface area contributed by atoms with E-state index in [1.165, 1.54) is 24.3 Å². The predicted molar refractivity (Wildman–Crippen MR) is 87.8 cm³/mol. The van der Waals surface area contributed by atoms with Gasteiger partial charge in [-0.05, 0) is 22.8 Å². The van der Waals surface area contributed by atoms with Crippen molar-refractivity contribution in [2.45, 2.75) is 0 Å². The lowest BCUT2D eigenvalue weighted by Gasteiger charge is -2.37. The molecule has 0 nitrogen and oxygen atoms in total. The van der Waals surface area contributed by atoms with Gasteiger partial charge in [0, 0.05) is 5.03 Å². The van der Waals surface area contributed by atoms with Crippen molar-refractivity contribution in [2.75, 3.05) is 0 Å². The SMILES string of the molecule is FS(F)(F)(F)(F)/C=C(/C=C(/Cl)c1ccccc1)c1ccccc1. The van der Waals surface area contributed by atoms with E-state index in [2.05, 4.69) is 0 Å². The van der Waals surface area contributed by atoms with E-state index in [9.17, 15) is 19.4 Å². The van der Waals surface area contributed by atoms with E-state index in [0.29, 0.717) is 5.56 Å². The van der Waals surface area contributed by atoms with Crippen LogP contribution in [0.5, 0.6) is 0 Å². The molecule has 0 amide bonds. The zero-order chi connectivity index (χ0) is 17.2. The van der Waals surface area contributed by atoms with Crippen molar-refractivity contribution in [3.63, 3.8) is 0 Å². The van der Waals surface area contributed by atoms with Crippen LogP contribution in [0.4, 0.5) is 19.4 Å². The first-order valence-electron chi connectivity index (χ1n) is 6.38. The Balaban J connectivity index is 2.59. The molecule has 0 saturated carbocycles. The number of allylic oxidation sites excluding steroid dienone is 2. The fraction of sp³-hybridized carbons (Fsp3) is 0. The Bertz CT molecular complexity index is 750. The minimum absolute atomic E-state index is 0.00479. The molecule has 0 fully saturated rings. The quantitative estimate of drug-likeness (QED) is 0.386. The Morgan fingerprint density at radius 2 is 1.17 bits per heavy atom. The third kappa shape index (κ3) is 6.08. The summed E-state index contributed by atoms with van der Waals surface area (Å²) in [6.45, 7) is 0. The average Bonchev–Trinajstić information content (AvgIpc) is 2.45. The Morgan fingerprint density at radius 3 is 1.61 bits per heavy atom. The highest BCUT2D eigenvalue weighted by Crippen LogP contribution is 2.99. The van der Waals surface area contributed by atoms with Gasteiger partial charge < -0.3 is 0 Å². The normalized spacial score (nSPS) is 16.6. The summed E-state index contributed by atoms with van der Waals surface area (Å²) in [5, 5.41) is -0.983. The summed E-state index contributed by atoms with van der Waals surface area (Å²) in [5.41, 5.74) is -0.272. The number of benzene rings is 2. The zero-order valence-electron chi connectivity index (χ0n) is 11.6. The number of rotatable bonds is 4. The van der Waals surface area contributed by atoms with Crippen molar-refractivity contribution in [1.82, 2.24) is 0 Å². The molecule has 0 unspecified atom stereocenters. The second kappa shape index (κ2) is 5.39. The smallest absolute Gasteiger partial charge is 0.0941 e. The lowest BCUT2D eigenvalue weighted by molar-refractivity contribution is 0.385. The maximum Gasteiger partial charge on any atom is 0.304 e. The largest absolute Gasteiger partial charge is 0.304 e. The van der Waals surface area contributed by atoms with Crippen LogP contribution >= 0.6 is 21.8 Å². The van der Waals surface area contributed by atoms with Gasteiger partial charge >= 0.3 is 10.2 Å². The van der Waals surface area contributed by atoms with Gasteiger partial charge in [-0.15, -0.1) is 0 Å². The van der Waals surface area contributed by atoms with Crippen molar-refractivity contribution in [2.24, 2.45) is 0 Å². The fourth-order valence-electron chi connectivity index (χ4n) is 1.87. The Hall–Kier alpha value is -1.79.